The average Bonchev–Trinajstić information content (AvgIpc) is 2.90. The fourth-order valence-electron chi connectivity index (χ4n) is 3.40. The molecule has 0 saturated carbocycles. The molecule has 3 rings (SSSR count). The summed E-state index contributed by atoms with van der Waals surface area (Å²) in [5.41, 5.74) is 0.258. The van der Waals surface area contributed by atoms with E-state index in [0.29, 0.717) is 23.0 Å². The molecule has 0 bridgehead atoms. The van der Waals surface area contributed by atoms with Crippen LogP contribution in [0.1, 0.15) is 6.92 Å². The van der Waals surface area contributed by atoms with Gasteiger partial charge in [-0.05, 0) is 55.5 Å². The van der Waals surface area contributed by atoms with Crippen LogP contribution in [-0.4, -0.2) is 54.8 Å². The van der Waals surface area contributed by atoms with E-state index in [0.717, 1.165) is 4.31 Å². The molecular formula is C26H30N2O7S. The van der Waals surface area contributed by atoms with E-state index in [1.165, 1.54) is 32.4 Å². The monoisotopic (exact) mass is 514 g/mol. The predicted molar refractivity (Wildman–Crippen MR) is 137 cm³/mol. The zero-order valence-corrected chi connectivity index (χ0v) is 21.4. The van der Waals surface area contributed by atoms with Crippen LogP contribution >= 0.6 is 0 Å². The van der Waals surface area contributed by atoms with E-state index in [-0.39, 0.29) is 23.2 Å². The van der Waals surface area contributed by atoms with Crippen molar-refractivity contribution in [3.05, 3.63) is 72.8 Å². The van der Waals surface area contributed by atoms with Crippen LogP contribution in [0.2, 0.25) is 0 Å². The maximum Gasteiger partial charge on any atom is 0.264 e. The highest BCUT2D eigenvalue weighted by molar-refractivity contribution is 7.92. The Kier molecular flexibility index (Phi) is 9.02. The summed E-state index contributed by atoms with van der Waals surface area (Å²) in [6, 6.07) is 19.3. The molecular weight excluding hydrogens is 484 g/mol. The first-order valence-corrected chi connectivity index (χ1v) is 12.6. The van der Waals surface area contributed by atoms with Gasteiger partial charge in [-0.25, -0.2) is 8.42 Å². The van der Waals surface area contributed by atoms with E-state index in [4.69, 9.17) is 18.9 Å². The van der Waals surface area contributed by atoms with Crippen LogP contribution < -0.4 is 28.6 Å². The Bertz CT molecular complexity index is 1250. The Labute approximate surface area is 211 Å². The second-order valence-corrected chi connectivity index (χ2v) is 9.68. The van der Waals surface area contributed by atoms with Crippen LogP contribution in [-0.2, 0) is 14.8 Å². The average molecular weight is 515 g/mol. The highest BCUT2D eigenvalue weighted by Gasteiger charge is 2.28. The number of benzene rings is 3. The molecule has 3 aromatic carbocycles. The lowest BCUT2D eigenvalue weighted by Gasteiger charge is -2.25. The van der Waals surface area contributed by atoms with Crippen molar-refractivity contribution in [1.82, 2.24) is 5.32 Å². The van der Waals surface area contributed by atoms with Crippen LogP contribution in [0.25, 0.3) is 0 Å². The second kappa shape index (κ2) is 12.2. The van der Waals surface area contributed by atoms with E-state index in [1.54, 1.807) is 68.6 Å². The number of methoxy groups -OCH3 is 3. The molecule has 0 saturated heterocycles. The number of hydrogen-bond acceptors (Lipinski definition) is 7. The Hall–Kier alpha value is -3.92. The third-order valence-electron chi connectivity index (χ3n) is 5.24. The number of hydrogen-bond donors (Lipinski definition) is 1. The quantitative estimate of drug-likeness (QED) is 0.395. The summed E-state index contributed by atoms with van der Waals surface area (Å²) in [4.78, 5) is 13.0. The zero-order chi connectivity index (χ0) is 26.1. The number of rotatable bonds is 12. The molecule has 192 valence electrons. The van der Waals surface area contributed by atoms with Gasteiger partial charge < -0.3 is 24.3 Å². The largest absolute Gasteiger partial charge is 0.497 e. The van der Waals surface area contributed by atoms with Crippen LogP contribution in [0.5, 0.6) is 23.0 Å². The fourth-order valence-corrected chi connectivity index (χ4v) is 4.83. The third-order valence-corrected chi connectivity index (χ3v) is 7.03. The molecule has 0 aromatic heterocycles. The second-order valence-electron chi connectivity index (χ2n) is 7.82. The van der Waals surface area contributed by atoms with Gasteiger partial charge in [-0.1, -0.05) is 18.2 Å². The first kappa shape index (κ1) is 26.7. The molecule has 1 atom stereocenters. The van der Waals surface area contributed by atoms with Gasteiger partial charge >= 0.3 is 0 Å². The Morgan fingerprint density at radius 1 is 0.861 bits per heavy atom. The number of anilines is 1. The minimum Gasteiger partial charge on any atom is -0.497 e. The SMILES string of the molecule is COc1ccc(OCC(C)NC(=O)CN(c2ccc(OC)c(OC)c2)S(=O)(=O)c2ccccc2)cc1. The number of amides is 1. The molecule has 1 N–H and O–H groups in total. The van der Waals surface area contributed by atoms with Gasteiger partial charge in [-0.15, -0.1) is 0 Å². The van der Waals surface area contributed by atoms with Gasteiger partial charge in [0, 0.05) is 6.07 Å². The van der Waals surface area contributed by atoms with Gasteiger partial charge in [0.05, 0.1) is 38.0 Å². The molecule has 0 aliphatic rings. The van der Waals surface area contributed by atoms with Crippen molar-refractivity contribution in [3.63, 3.8) is 0 Å². The van der Waals surface area contributed by atoms with Crippen molar-refractivity contribution in [2.45, 2.75) is 17.9 Å². The molecule has 1 amide bonds. The van der Waals surface area contributed by atoms with Crippen molar-refractivity contribution < 1.29 is 32.2 Å². The Balaban J connectivity index is 1.78. The molecule has 3 aromatic rings. The minimum absolute atomic E-state index is 0.0588. The standard InChI is InChI=1S/C26H30N2O7S/c1-19(18-35-22-13-11-21(32-2)12-14-22)27-26(29)17-28(36(30,31)23-8-6-5-7-9-23)20-10-15-24(33-3)25(16-20)34-4/h5-16,19H,17-18H2,1-4H3,(H,27,29). The van der Waals surface area contributed by atoms with E-state index in [1.807, 2.05) is 0 Å². The van der Waals surface area contributed by atoms with Crippen LogP contribution in [0.15, 0.2) is 77.7 Å². The van der Waals surface area contributed by atoms with Crippen molar-refractivity contribution in [1.29, 1.82) is 0 Å². The van der Waals surface area contributed by atoms with E-state index in [2.05, 4.69) is 5.32 Å². The van der Waals surface area contributed by atoms with Crippen molar-refractivity contribution in [2.24, 2.45) is 0 Å². The summed E-state index contributed by atoms with van der Waals surface area (Å²) >= 11 is 0. The first-order chi connectivity index (χ1) is 17.3. The minimum atomic E-state index is -4.06. The van der Waals surface area contributed by atoms with Gasteiger partial charge in [0.1, 0.15) is 24.7 Å². The van der Waals surface area contributed by atoms with Crippen LogP contribution in [0.4, 0.5) is 5.69 Å². The molecule has 0 radical (unpaired) electrons. The molecule has 1 unspecified atom stereocenters. The zero-order valence-electron chi connectivity index (χ0n) is 20.6. The predicted octanol–water partition coefficient (Wildman–Crippen LogP) is 3.49. The van der Waals surface area contributed by atoms with E-state index >= 15 is 0 Å². The smallest absolute Gasteiger partial charge is 0.264 e. The van der Waals surface area contributed by atoms with Crippen molar-refractivity contribution in [2.75, 3.05) is 38.8 Å². The Morgan fingerprint density at radius 3 is 2.11 bits per heavy atom. The number of nitrogens with zero attached hydrogens (tertiary/aromatic N) is 1. The van der Waals surface area contributed by atoms with Crippen LogP contribution in [0.3, 0.4) is 0 Å². The lowest BCUT2D eigenvalue weighted by Crippen LogP contribution is -2.45. The summed E-state index contributed by atoms with van der Waals surface area (Å²) in [6.07, 6.45) is 0. The summed E-state index contributed by atoms with van der Waals surface area (Å²) in [5, 5.41) is 2.80. The first-order valence-electron chi connectivity index (χ1n) is 11.1. The van der Waals surface area contributed by atoms with Gasteiger partial charge in [0.2, 0.25) is 5.91 Å². The topological polar surface area (TPSA) is 103 Å². The fraction of sp³-hybridized carbons (Fsp3) is 0.269. The molecule has 0 heterocycles. The highest BCUT2D eigenvalue weighted by Crippen LogP contribution is 2.33. The summed E-state index contributed by atoms with van der Waals surface area (Å²) in [6.45, 7) is 1.52. The summed E-state index contributed by atoms with van der Waals surface area (Å²) in [7, 11) is 0.460. The normalized spacial score (nSPS) is 11.8. The lowest BCUT2D eigenvalue weighted by atomic mass is 10.2. The number of carbonyl (C=O) groups excluding carboxylic acids is 1. The molecule has 0 aliphatic heterocycles. The number of sulfonamides is 1. The molecule has 0 aliphatic carbocycles. The van der Waals surface area contributed by atoms with Gasteiger partial charge in [-0.2, -0.15) is 0 Å². The summed E-state index contributed by atoms with van der Waals surface area (Å²) < 4.78 is 49.5. The maximum absolute atomic E-state index is 13.5. The summed E-state index contributed by atoms with van der Waals surface area (Å²) in [5.74, 6) is 1.61. The van der Waals surface area contributed by atoms with E-state index in [9.17, 15) is 13.2 Å². The molecule has 9 nitrogen and oxygen atoms in total. The number of ether oxygens (including phenoxy) is 4. The van der Waals surface area contributed by atoms with Gasteiger partial charge in [0.25, 0.3) is 10.0 Å². The van der Waals surface area contributed by atoms with Crippen molar-refractivity contribution in [3.8, 4) is 23.0 Å². The number of carbonyl (C=O) groups is 1. The maximum atomic E-state index is 13.5. The van der Waals surface area contributed by atoms with Crippen molar-refractivity contribution >= 4 is 21.6 Å². The third kappa shape index (κ3) is 6.60. The van der Waals surface area contributed by atoms with Gasteiger partial charge in [0.15, 0.2) is 11.5 Å². The molecule has 0 fully saturated rings. The lowest BCUT2D eigenvalue weighted by molar-refractivity contribution is -0.120. The van der Waals surface area contributed by atoms with Crippen LogP contribution in [0, 0.1) is 0 Å². The number of nitrogens with one attached hydrogen (secondary N) is 1. The molecule has 0 spiro atoms. The molecule has 10 heteroatoms. The highest BCUT2D eigenvalue weighted by atomic mass is 32.2. The van der Waals surface area contributed by atoms with Gasteiger partial charge in [-0.3, -0.25) is 9.10 Å². The van der Waals surface area contributed by atoms with E-state index < -0.39 is 22.5 Å². The Morgan fingerprint density at radius 2 is 1.50 bits per heavy atom. The molecule has 36 heavy (non-hydrogen) atoms.